The summed E-state index contributed by atoms with van der Waals surface area (Å²) in [6.45, 7) is 0. The van der Waals surface area contributed by atoms with Crippen molar-refractivity contribution in [1.29, 1.82) is 5.26 Å². The molecule has 0 saturated heterocycles. The van der Waals surface area contributed by atoms with Gasteiger partial charge in [0.15, 0.2) is 0 Å². The highest BCUT2D eigenvalue weighted by atomic mass is 16.5. The SMILES string of the molecule is COc1cccc(CCC(=O)N[C@@H]2CCCC[C@@H]2C(=O)NC(C#N)C2CC2)c1. The fourth-order valence-corrected chi connectivity index (χ4v) is 3.93. The van der Waals surface area contributed by atoms with Gasteiger partial charge in [-0.3, -0.25) is 9.59 Å². The van der Waals surface area contributed by atoms with Crippen molar-refractivity contribution in [2.45, 2.75) is 63.5 Å². The van der Waals surface area contributed by atoms with E-state index in [-0.39, 0.29) is 29.8 Å². The Labute approximate surface area is 166 Å². The average Bonchev–Trinajstić information content (AvgIpc) is 3.56. The van der Waals surface area contributed by atoms with E-state index in [2.05, 4.69) is 16.7 Å². The van der Waals surface area contributed by atoms with Crippen molar-refractivity contribution in [2.75, 3.05) is 7.11 Å². The number of carbonyl (C=O) groups excluding carboxylic acids is 2. The molecule has 6 nitrogen and oxygen atoms in total. The number of carbonyl (C=O) groups is 2. The van der Waals surface area contributed by atoms with E-state index in [1.807, 2.05) is 24.3 Å². The Kier molecular flexibility index (Phi) is 6.91. The number of methoxy groups -OCH3 is 1. The third-order valence-corrected chi connectivity index (χ3v) is 5.75. The van der Waals surface area contributed by atoms with Crippen LogP contribution in [0.5, 0.6) is 5.75 Å². The predicted octanol–water partition coefficient (Wildman–Crippen LogP) is 2.72. The molecule has 1 aromatic carbocycles. The minimum absolute atomic E-state index is 0.0356. The summed E-state index contributed by atoms with van der Waals surface area (Å²) in [5.41, 5.74) is 1.05. The summed E-state index contributed by atoms with van der Waals surface area (Å²) < 4.78 is 5.22. The second-order valence-electron chi connectivity index (χ2n) is 7.87. The number of amides is 2. The van der Waals surface area contributed by atoms with Gasteiger partial charge in [0.1, 0.15) is 11.8 Å². The van der Waals surface area contributed by atoms with Crippen molar-refractivity contribution in [1.82, 2.24) is 10.6 Å². The van der Waals surface area contributed by atoms with Crippen LogP contribution in [0.1, 0.15) is 50.5 Å². The molecule has 0 heterocycles. The largest absolute Gasteiger partial charge is 0.497 e. The summed E-state index contributed by atoms with van der Waals surface area (Å²) in [5.74, 6) is 0.713. The Morgan fingerprint density at radius 1 is 1.25 bits per heavy atom. The van der Waals surface area contributed by atoms with E-state index >= 15 is 0 Å². The molecule has 0 aliphatic heterocycles. The molecule has 2 fully saturated rings. The molecule has 3 rings (SSSR count). The quantitative estimate of drug-likeness (QED) is 0.722. The molecule has 2 N–H and O–H groups in total. The summed E-state index contributed by atoms with van der Waals surface area (Å²) in [7, 11) is 1.63. The average molecular weight is 383 g/mol. The lowest BCUT2D eigenvalue weighted by Crippen LogP contribution is -2.50. The first-order valence-corrected chi connectivity index (χ1v) is 10.2. The number of rotatable bonds is 8. The van der Waals surface area contributed by atoms with Gasteiger partial charge in [0.2, 0.25) is 11.8 Å². The molecule has 28 heavy (non-hydrogen) atoms. The molecule has 3 atom stereocenters. The molecule has 1 unspecified atom stereocenters. The van der Waals surface area contributed by atoms with E-state index in [0.717, 1.165) is 49.8 Å². The van der Waals surface area contributed by atoms with E-state index in [9.17, 15) is 14.9 Å². The normalized spacial score (nSPS) is 22.6. The number of nitrogens with zero attached hydrogens (tertiary/aromatic N) is 1. The minimum Gasteiger partial charge on any atom is -0.497 e. The summed E-state index contributed by atoms with van der Waals surface area (Å²) >= 11 is 0. The predicted molar refractivity (Wildman–Crippen MR) is 105 cm³/mol. The molecule has 1 aromatic rings. The number of benzene rings is 1. The van der Waals surface area contributed by atoms with Crippen LogP contribution in [0.3, 0.4) is 0 Å². The van der Waals surface area contributed by atoms with Gasteiger partial charge < -0.3 is 15.4 Å². The molecule has 2 amide bonds. The first-order chi connectivity index (χ1) is 13.6. The zero-order valence-corrected chi connectivity index (χ0v) is 16.4. The summed E-state index contributed by atoms with van der Waals surface area (Å²) in [6, 6.07) is 9.38. The third kappa shape index (κ3) is 5.48. The highest BCUT2D eigenvalue weighted by Crippen LogP contribution is 2.33. The van der Waals surface area contributed by atoms with Crippen molar-refractivity contribution in [3.8, 4) is 11.8 Å². The maximum absolute atomic E-state index is 12.7. The maximum Gasteiger partial charge on any atom is 0.226 e. The number of nitrogens with one attached hydrogen (secondary N) is 2. The van der Waals surface area contributed by atoms with Gasteiger partial charge in [-0.25, -0.2) is 0 Å². The lowest BCUT2D eigenvalue weighted by atomic mass is 9.83. The van der Waals surface area contributed by atoms with Crippen molar-refractivity contribution >= 4 is 11.8 Å². The number of hydrogen-bond acceptors (Lipinski definition) is 4. The smallest absolute Gasteiger partial charge is 0.226 e. The minimum atomic E-state index is -0.390. The van der Waals surface area contributed by atoms with Crippen LogP contribution in [0.15, 0.2) is 24.3 Å². The number of nitriles is 1. The molecule has 0 radical (unpaired) electrons. The van der Waals surface area contributed by atoms with Crippen LogP contribution in [0.4, 0.5) is 0 Å². The fraction of sp³-hybridized carbons (Fsp3) is 0.591. The van der Waals surface area contributed by atoms with Crippen molar-refractivity contribution in [3.05, 3.63) is 29.8 Å². The molecule has 2 aliphatic carbocycles. The van der Waals surface area contributed by atoms with Crippen LogP contribution in [0.25, 0.3) is 0 Å². The van der Waals surface area contributed by atoms with E-state index in [0.29, 0.717) is 18.8 Å². The standard InChI is InChI=1S/C22H29N3O3/c1-28-17-6-4-5-15(13-17)9-12-21(26)24-19-8-3-2-7-18(19)22(27)25-20(14-23)16-10-11-16/h4-6,13,16,18-20H,2-3,7-12H2,1H3,(H,24,26)(H,25,27)/t18-,19+,20?/m0/s1. The summed E-state index contributed by atoms with van der Waals surface area (Å²) in [4.78, 5) is 25.2. The summed E-state index contributed by atoms with van der Waals surface area (Å²) in [6.07, 6.45) is 6.58. The fourth-order valence-electron chi connectivity index (χ4n) is 3.93. The first kappa shape index (κ1) is 20.2. The molecule has 0 spiro atoms. The van der Waals surface area contributed by atoms with Gasteiger partial charge in [0.05, 0.1) is 19.1 Å². The number of ether oxygens (including phenoxy) is 1. The molecule has 0 bridgehead atoms. The Morgan fingerprint density at radius 3 is 2.75 bits per heavy atom. The van der Waals surface area contributed by atoms with Crippen molar-refractivity contribution in [2.24, 2.45) is 11.8 Å². The van der Waals surface area contributed by atoms with E-state index in [4.69, 9.17) is 4.74 Å². The van der Waals surface area contributed by atoms with E-state index in [1.54, 1.807) is 7.11 Å². The van der Waals surface area contributed by atoms with Gasteiger partial charge in [-0.05, 0) is 55.7 Å². The van der Waals surface area contributed by atoms with Crippen molar-refractivity contribution in [3.63, 3.8) is 0 Å². The first-order valence-electron chi connectivity index (χ1n) is 10.2. The van der Waals surface area contributed by atoms with E-state index < -0.39 is 0 Å². The van der Waals surface area contributed by atoms with Crippen LogP contribution >= 0.6 is 0 Å². The lowest BCUT2D eigenvalue weighted by Gasteiger charge is -2.32. The van der Waals surface area contributed by atoms with Crippen LogP contribution in [0, 0.1) is 23.2 Å². The highest BCUT2D eigenvalue weighted by molar-refractivity contribution is 5.82. The van der Waals surface area contributed by atoms with Gasteiger partial charge in [-0.1, -0.05) is 25.0 Å². The Balaban J connectivity index is 1.52. The monoisotopic (exact) mass is 383 g/mol. The summed E-state index contributed by atoms with van der Waals surface area (Å²) in [5, 5.41) is 15.2. The number of hydrogen-bond donors (Lipinski definition) is 2. The Hall–Kier alpha value is -2.55. The third-order valence-electron chi connectivity index (χ3n) is 5.75. The van der Waals surface area contributed by atoms with Gasteiger partial charge >= 0.3 is 0 Å². The van der Waals surface area contributed by atoms with Gasteiger partial charge in [0.25, 0.3) is 0 Å². The van der Waals surface area contributed by atoms with Crippen LogP contribution < -0.4 is 15.4 Å². The zero-order chi connectivity index (χ0) is 19.9. The van der Waals surface area contributed by atoms with Gasteiger partial charge in [-0.2, -0.15) is 5.26 Å². The van der Waals surface area contributed by atoms with E-state index in [1.165, 1.54) is 0 Å². The molecular formula is C22H29N3O3. The molecule has 2 aliphatic rings. The molecule has 150 valence electrons. The molecular weight excluding hydrogens is 354 g/mol. The lowest BCUT2D eigenvalue weighted by molar-refractivity contribution is -0.128. The second kappa shape index (κ2) is 9.59. The molecule has 2 saturated carbocycles. The molecule has 0 aromatic heterocycles. The van der Waals surface area contributed by atoms with Crippen LogP contribution in [-0.4, -0.2) is 31.0 Å². The van der Waals surface area contributed by atoms with Crippen molar-refractivity contribution < 1.29 is 14.3 Å². The Morgan fingerprint density at radius 2 is 2.04 bits per heavy atom. The maximum atomic E-state index is 12.7. The van der Waals surface area contributed by atoms with Gasteiger partial charge in [-0.15, -0.1) is 0 Å². The zero-order valence-electron chi connectivity index (χ0n) is 16.4. The number of aryl methyl sites for hydroxylation is 1. The Bertz CT molecular complexity index is 739. The second-order valence-corrected chi connectivity index (χ2v) is 7.87. The van der Waals surface area contributed by atoms with Crippen LogP contribution in [-0.2, 0) is 16.0 Å². The highest BCUT2D eigenvalue weighted by Gasteiger charge is 2.37. The van der Waals surface area contributed by atoms with Crippen LogP contribution in [0.2, 0.25) is 0 Å². The topological polar surface area (TPSA) is 91.2 Å². The molecule has 6 heteroatoms. The van der Waals surface area contributed by atoms with Gasteiger partial charge in [0, 0.05) is 12.5 Å².